The zero-order chi connectivity index (χ0) is 11.5. The van der Waals surface area contributed by atoms with Crippen LogP contribution in [0.5, 0.6) is 0 Å². The van der Waals surface area contributed by atoms with Crippen LogP contribution in [0, 0.1) is 9.49 Å². The first-order chi connectivity index (χ1) is 7.66. The van der Waals surface area contributed by atoms with Gasteiger partial charge in [-0.1, -0.05) is 45.9 Å². The lowest BCUT2D eigenvalue weighted by molar-refractivity contribution is -0.119. The maximum atomic E-state index is 11.8. The highest BCUT2D eigenvalue weighted by atomic mass is 127. The molecule has 0 spiro atoms. The van der Waals surface area contributed by atoms with E-state index in [1.165, 1.54) is 0 Å². The summed E-state index contributed by atoms with van der Waals surface area (Å²) in [5.74, 6) is 0.393. The molecule has 0 aromatic heterocycles. The summed E-state index contributed by atoms with van der Waals surface area (Å²) in [4.78, 5) is 23.6. The first-order valence-electron chi connectivity index (χ1n) is 5.30. The Hall–Kier alpha value is -0.840. The van der Waals surface area contributed by atoms with Crippen LogP contribution < -0.4 is 0 Å². The number of hydrogen-bond donors (Lipinski definition) is 0. The molecule has 0 N–H and O–H groups in total. The van der Waals surface area contributed by atoms with E-state index in [9.17, 15) is 9.59 Å². The summed E-state index contributed by atoms with van der Waals surface area (Å²) in [6, 6.07) is 9.86. The number of Topliss-reactive ketones (excluding diaryl/α,β-unsaturated/α-hetero) is 2. The summed E-state index contributed by atoms with van der Waals surface area (Å²) < 4.78 is 1.75. The van der Waals surface area contributed by atoms with Crippen molar-refractivity contribution in [1.82, 2.24) is 0 Å². The van der Waals surface area contributed by atoms with Crippen LogP contribution in [0.3, 0.4) is 0 Å². The molecule has 1 aliphatic rings. The van der Waals surface area contributed by atoms with Crippen molar-refractivity contribution in [1.29, 1.82) is 0 Å². The highest BCUT2D eigenvalue weighted by molar-refractivity contribution is 14.2. The molecule has 2 nitrogen and oxygen atoms in total. The van der Waals surface area contributed by atoms with E-state index < -0.39 is 20.7 Å². The molecule has 84 valence electrons. The van der Waals surface area contributed by atoms with Gasteiger partial charge in [-0.05, 0) is 18.1 Å². The molecular formula is C13H13IO2. The van der Waals surface area contributed by atoms with Crippen molar-refractivity contribution in [2.24, 2.45) is 5.92 Å². The first kappa shape index (κ1) is 11.6. The fourth-order valence-corrected chi connectivity index (χ4v) is 4.17. The zero-order valence-corrected chi connectivity index (χ0v) is 11.2. The average Bonchev–Trinajstić information content (AvgIpc) is 2.25. The Labute approximate surface area is 105 Å². The van der Waals surface area contributed by atoms with Crippen LogP contribution in [0.25, 0.3) is 0 Å². The number of ketones is 2. The van der Waals surface area contributed by atoms with E-state index in [2.05, 4.69) is 0 Å². The maximum Gasteiger partial charge on any atom is 0.172 e. The fourth-order valence-electron chi connectivity index (χ4n) is 1.73. The van der Waals surface area contributed by atoms with Gasteiger partial charge in [0.05, 0.1) is 3.51 Å². The van der Waals surface area contributed by atoms with E-state index in [1.54, 1.807) is 0 Å². The molecule has 1 aromatic rings. The molecule has 0 unspecified atom stereocenters. The van der Waals surface area contributed by atoms with Gasteiger partial charge in [0.25, 0.3) is 0 Å². The van der Waals surface area contributed by atoms with Crippen molar-refractivity contribution in [2.75, 3.05) is 0 Å². The second-order valence-corrected chi connectivity index (χ2v) is 6.93. The molecule has 1 aromatic carbocycles. The topological polar surface area (TPSA) is 34.1 Å². The minimum absolute atomic E-state index is 0.0837. The fraction of sp³-hybridized carbons (Fsp3) is 0.308. The molecule has 0 atom stereocenters. The van der Waals surface area contributed by atoms with Crippen LogP contribution in [-0.4, -0.2) is 15.1 Å². The number of halogens is 1. The van der Waals surface area contributed by atoms with Gasteiger partial charge >= 0.3 is 0 Å². The highest BCUT2D eigenvalue weighted by Gasteiger charge is 2.28. The van der Waals surface area contributed by atoms with Gasteiger partial charge in [0.1, 0.15) is 0 Å². The van der Waals surface area contributed by atoms with Crippen molar-refractivity contribution in [3.63, 3.8) is 0 Å². The molecule has 0 radical (unpaired) electrons. The second kappa shape index (κ2) is 4.99. The lowest BCUT2D eigenvalue weighted by atomic mass is 9.89. The lowest BCUT2D eigenvalue weighted by Gasteiger charge is -2.17. The Balaban J connectivity index is 2.30. The van der Waals surface area contributed by atoms with Crippen molar-refractivity contribution < 1.29 is 9.59 Å². The van der Waals surface area contributed by atoms with Crippen molar-refractivity contribution in [3.8, 4) is 0 Å². The van der Waals surface area contributed by atoms with Crippen LogP contribution in [0.15, 0.2) is 30.3 Å². The minimum atomic E-state index is -0.577. The van der Waals surface area contributed by atoms with Gasteiger partial charge in [0, 0.05) is 16.4 Å². The standard InChI is InChI=1S/C13H13IO2/c1-9-7-11(15)13(12(16)8-9)14-10-5-3-2-4-6-10/h2-6,9H,7-8H2,1H3. The number of carbonyl (C=O) groups is 2. The molecule has 0 bridgehead atoms. The normalized spacial score (nSPS) is 21.3. The SMILES string of the molecule is CC1CC(=O)C(=Ic2ccccc2)C(=O)C1. The monoisotopic (exact) mass is 328 g/mol. The molecule has 16 heavy (non-hydrogen) atoms. The number of hydrogen-bond acceptors (Lipinski definition) is 2. The maximum absolute atomic E-state index is 11.8. The predicted octanol–water partition coefficient (Wildman–Crippen LogP) is 2.57. The van der Waals surface area contributed by atoms with E-state index >= 15 is 0 Å². The molecule has 0 amide bonds. The predicted molar refractivity (Wildman–Crippen MR) is 72.6 cm³/mol. The van der Waals surface area contributed by atoms with Gasteiger partial charge in [-0.15, -0.1) is 0 Å². The third-order valence-corrected chi connectivity index (χ3v) is 5.58. The zero-order valence-electron chi connectivity index (χ0n) is 9.07. The largest absolute Gasteiger partial charge is 0.294 e. The summed E-state index contributed by atoms with van der Waals surface area (Å²) in [6.45, 7) is 1.97. The molecular weight excluding hydrogens is 315 g/mol. The molecule has 1 aliphatic carbocycles. The Bertz CT molecular complexity index is 428. The molecule has 1 saturated carbocycles. The number of carbonyl (C=O) groups excluding carboxylic acids is 2. The first-order valence-corrected chi connectivity index (χ1v) is 7.46. The summed E-state index contributed by atoms with van der Waals surface area (Å²) in [5, 5.41) is 0. The quantitative estimate of drug-likeness (QED) is 0.743. The van der Waals surface area contributed by atoms with E-state index in [0.717, 1.165) is 3.57 Å². The van der Waals surface area contributed by atoms with Crippen LogP contribution in [0.1, 0.15) is 19.8 Å². The van der Waals surface area contributed by atoms with Gasteiger partial charge in [-0.25, -0.2) is 0 Å². The van der Waals surface area contributed by atoms with Gasteiger partial charge in [0.2, 0.25) is 0 Å². The average molecular weight is 328 g/mol. The Morgan fingerprint density at radius 2 is 1.62 bits per heavy atom. The summed E-state index contributed by atoms with van der Waals surface area (Å²) >= 11 is -0.577. The number of rotatable bonds is 1. The third-order valence-electron chi connectivity index (χ3n) is 2.49. The van der Waals surface area contributed by atoms with Gasteiger partial charge in [-0.3, -0.25) is 9.59 Å². The Morgan fingerprint density at radius 3 is 2.19 bits per heavy atom. The van der Waals surface area contributed by atoms with E-state index in [-0.39, 0.29) is 17.5 Å². The van der Waals surface area contributed by atoms with Crippen LogP contribution >= 0.6 is 20.7 Å². The van der Waals surface area contributed by atoms with Crippen molar-refractivity contribution in [3.05, 3.63) is 33.9 Å². The van der Waals surface area contributed by atoms with Gasteiger partial charge in [0.15, 0.2) is 11.6 Å². The van der Waals surface area contributed by atoms with Crippen LogP contribution in [0.2, 0.25) is 0 Å². The van der Waals surface area contributed by atoms with Crippen LogP contribution in [0.4, 0.5) is 0 Å². The summed E-state index contributed by atoms with van der Waals surface area (Å²) in [6.07, 6.45) is 1.10. The molecule has 0 aliphatic heterocycles. The molecule has 0 heterocycles. The van der Waals surface area contributed by atoms with Crippen LogP contribution in [-0.2, 0) is 9.59 Å². The second-order valence-electron chi connectivity index (χ2n) is 4.06. The van der Waals surface area contributed by atoms with Crippen molar-refractivity contribution >= 4 is 35.8 Å². The molecule has 3 heteroatoms. The Kier molecular flexibility index (Phi) is 3.63. The smallest absolute Gasteiger partial charge is 0.172 e. The van der Waals surface area contributed by atoms with E-state index in [4.69, 9.17) is 0 Å². The number of benzene rings is 1. The highest BCUT2D eigenvalue weighted by Crippen LogP contribution is 2.23. The molecule has 0 saturated heterocycles. The molecule has 1 fully saturated rings. The van der Waals surface area contributed by atoms with E-state index in [0.29, 0.717) is 16.4 Å². The minimum Gasteiger partial charge on any atom is -0.294 e. The lowest BCUT2D eigenvalue weighted by Crippen LogP contribution is -2.31. The van der Waals surface area contributed by atoms with E-state index in [1.807, 2.05) is 37.3 Å². The van der Waals surface area contributed by atoms with Crippen molar-refractivity contribution in [2.45, 2.75) is 19.8 Å². The Morgan fingerprint density at radius 1 is 1.06 bits per heavy atom. The summed E-state index contributed by atoms with van der Waals surface area (Å²) in [7, 11) is 0. The van der Waals surface area contributed by atoms with Gasteiger partial charge in [-0.2, -0.15) is 0 Å². The third kappa shape index (κ3) is 2.64. The summed E-state index contributed by atoms with van der Waals surface area (Å²) in [5.41, 5.74) is 0. The molecule has 2 rings (SSSR count). The van der Waals surface area contributed by atoms with Gasteiger partial charge < -0.3 is 0 Å².